The quantitative estimate of drug-likeness (QED) is 0.730. The number of hydrogen-bond acceptors (Lipinski definition) is 6. The van der Waals surface area contributed by atoms with Gasteiger partial charge in [-0.2, -0.15) is 0 Å². The molecule has 1 aliphatic heterocycles. The molecule has 0 aliphatic carbocycles. The minimum atomic E-state index is -0.975. The maximum Gasteiger partial charge on any atom is 0.348 e. The zero-order valence-electron chi connectivity index (χ0n) is 13.1. The molecule has 124 valence electrons. The van der Waals surface area contributed by atoms with Crippen molar-refractivity contribution in [2.24, 2.45) is 11.1 Å². The molecule has 0 spiro atoms. The van der Waals surface area contributed by atoms with E-state index in [9.17, 15) is 14.4 Å². The number of carbonyl (C=O) groups is 3. The third-order valence-corrected chi connectivity index (χ3v) is 3.59. The molecule has 1 amide bonds. The Kier molecular flexibility index (Phi) is 5.00. The first-order valence-corrected chi connectivity index (χ1v) is 7.25. The summed E-state index contributed by atoms with van der Waals surface area (Å²) in [5, 5.41) is 2.75. The monoisotopic (exact) mass is 320 g/mol. The van der Waals surface area contributed by atoms with Gasteiger partial charge < -0.3 is 15.2 Å². The van der Waals surface area contributed by atoms with Crippen LogP contribution >= 0.6 is 0 Å². The van der Waals surface area contributed by atoms with Gasteiger partial charge in [-0.15, -0.1) is 0 Å². The standard InChI is InChI=1S/C16H20N2O5/c1-16(2)9-22-15(21)13(16)23-14(20)12(18-8-11(17)19)10-6-4-3-5-7-10/h3-7,12-13,18H,8-9H2,1-2H3,(H2,17,19)/t12-,13-/m0/s1. The van der Waals surface area contributed by atoms with Crippen LogP contribution in [0.15, 0.2) is 30.3 Å². The Labute approximate surface area is 134 Å². The SMILES string of the molecule is CC1(C)COC(=O)[C@@H]1OC(=O)[C@@H](NCC(N)=O)c1ccccc1. The van der Waals surface area contributed by atoms with Gasteiger partial charge in [0.2, 0.25) is 12.0 Å². The van der Waals surface area contributed by atoms with Gasteiger partial charge in [0.15, 0.2) is 0 Å². The Balaban J connectivity index is 2.16. The fourth-order valence-electron chi connectivity index (χ4n) is 2.30. The van der Waals surface area contributed by atoms with Crippen molar-refractivity contribution >= 4 is 17.8 Å². The lowest BCUT2D eigenvalue weighted by Gasteiger charge is -2.24. The van der Waals surface area contributed by atoms with Crippen LogP contribution in [0.25, 0.3) is 0 Å². The van der Waals surface area contributed by atoms with Crippen LogP contribution in [0.5, 0.6) is 0 Å². The summed E-state index contributed by atoms with van der Waals surface area (Å²) >= 11 is 0. The van der Waals surface area contributed by atoms with Crippen molar-refractivity contribution in [2.75, 3.05) is 13.2 Å². The van der Waals surface area contributed by atoms with Gasteiger partial charge >= 0.3 is 11.9 Å². The molecule has 1 heterocycles. The van der Waals surface area contributed by atoms with Gasteiger partial charge in [0, 0.05) is 5.41 Å². The van der Waals surface area contributed by atoms with Gasteiger partial charge in [-0.3, -0.25) is 10.1 Å². The van der Waals surface area contributed by atoms with Crippen molar-refractivity contribution < 1.29 is 23.9 Å². The van der Waals surface area contributed by atoms with Crippen molar-refractivity contribution in [1.29, 1.82) is 0 Å². The zero-order chi connectivity index (χ0) is 17.0. The number of carbonyl (C=O) groups excluding carboxylic acids is 3. The summed E-state index contributed by atoms with van der Waals surface area (Å²) < 4.78 is 10.3. The summed E-state index contributed by atoms with van der Waals surface area (Å²) in [4.78, 5) is 35.2. The van der Waals surface area contributed by atoms with Crippen molar-refractivity contribution in [3.05, 3.63) is 35.9 Å². The Hall–Kier alpha value is -2.41. The fraction of sp³-hybridized carbons (Fsp3) is 0.438. The van der Waals surface area contributed by atoms with Crippen molar-refractivity contribution in [3.8, 4) is 0 Å². The lowest BCUT2D eigenvalue weighted by molar-refractivity contribution is -0.164. The van der Waals surface area contributed by atoms with Crippen molar-refractivity contribution in [3.63, 3.8) is 0 Å². The number of hydrogen-bond donors (Lipinski definition) is 2. The molecule has 0 saturated carbocycles. The van der Waals surface area contributed by atoms with Crippen molar-refractivity contribution in [1.82, 2.24) is 5.32 Å². The average molecular weight is 320 g/mol. The van der Waals surface area contributed by atoms with E-state index in [1.54, 1.807) is 44.2 Å². The largest absolute Gasteiger partial charge is 0.462 e. The van der Waals surface area contributed by atoms with E-state index in [0.29, 0.717) is 5.56 Å². The summed E-state index contributed by atoms with van der Waals surface area (Å²) in [7, 11) is 0. The molecule has 0 aromatic heterocycles. The molecular formula is C16H20N2O5. The highest BCUT2D eigenvalue weighted by Gasteiger charge is 2.47. The predicted octanol–water partition coefficient (Wildman–Crippen LogP) is 0.297. The van der Waals surface area contributed by atoms with Crippen molar-refractivity contribution in [2.45, 2.75) is 26.0 Å². The number of cyclic esters (lactones) is 1. The van der Waals surface area contributed by atoms with Gasteiger partial charge in [-0.05, 0) is 5.56 Å². The smallest absolute Gasteiger partial charge is 0.348 e. The third-order valence-electron chi connectivity index (χ3n) is 3.59. The molecule has 1 aliphatic rings. The normalized spacial score (nSPS) is 20.6. The predicted molar refractivity (Wildman–Crippen MR) is 81.0 cm³/mol. The Morgan fingerprint density at radius 3 is 2.57 bits per heavy atom. The molecule has 1 aromatic carbocycles. The van der Waals surface area contributed by atoms with E-state index in [2.05, 4.69) is 5.32 Å². The highest BCUT2D eigenvalue weighted by molar-refractivity contribution is 5.85. The molecule has 0 unspecified atom stereocenters. The minimum Gasteiger partial charge on any atom is -0.462 e. The second-order valence-electron chi connectivity index (χ2n) is 6.10. The summed E-state index contributed by atoms with van der Waals surface area (Å²) in [6.07, 6.45) is -0.975. The van der Waals surface area contributed by atoms with Crippen LogP contribution in [0.4, 0.5) is 0 Å². The van der Waals surface area contributed by atoms with E-state index in [-0.39, 0.29) is 13.2 Å². The number of nitrogens with two attached hydrogens (primary N) is 1. The second-order valence-corrected chi connectivity index (χ2v) is 6.10. The average Bonchev–Trinajstić information content (AvgIpc) is 2.75. The zero-order valence-corrected chi connectivity index (χ0v) is 13.1. The summed E-state index contributed by atoms with van der Waals surface area (Å²) in [6.45, 7) is 3.57. The van der Waals surface area contributed by atoms with Crippen LogP contribution in [-0.2, 0) is 23.9 Å². The van der Waals surface area contributed by atoms with Gasteiger partial charge in [0.1, 0.15) is 12.6 Å². The lowest BCUT2D eigenvalue weighted by Crippen LogP contribution is -2.41. The molecule has 2 atom stereocenters. The maximum absolute atomic E-state index is 12.5. The van der Waals surface area contributed by atoms with Crippen LogP contribution < -0.4 is 11.1 Å². The molecule has 1 aromatic rings. The van der Waals surface area contributed by atoms with E-state index in [0.717, 1.165) is 0 Å². The number of nitrogens with one attached hydrogen (secondary N) is 1. The summed E-state index contributed by atoms with van der Waals surface area (Å²) in [6, 6.07) is 7.87. The Bertz CT molecular complexity index is 600. The number of esters is 2. The molecule has 2 rings (SSSR count). The molecule has 7 nitrogen and oxygen atoms in total. The topological polar surface area (TPSA) is 108 Å². The number of primary amides is 1. The number of benzene rings is 1. The van der Waals surface area contributed by atoms with Gasteiger partial charge in [-0.25, -0.2) is 9.59 Å². The van der Waals surface area contributed by atoms with Crippen LogP contribution in [0, 0.1) is 5.41 Å². The van der Waals surface area contributed by atoms with E-state index in [1.807, 2.05) is 0 Å². The van der Waals surface area contributed by atoms with Gasteiger partial charge in [-0.1, -0.05) is 44.2 Å². The summed E-state index contributed by atoms with van der Waals surface area (Å²) in [5.74, 6) is -1.82. The molecule has 1 fully saturated rings. The molecule has 0 radical (unpaired) electrons. The molecule has 3 N–H and O–H groups in total. The first kappa shape index (κ1) is 17.0. The van der Waals surface area contributed by atoms with Crippen LogP contribution in [-0.4, -0.2) is 37.1 Å². The highest BCUT2D eigenvalue weighted by Crippen LogP contribution is 2.32. The molecule has 23 heavy (non-hydrogen) atoms. The van der Waals surface area contributed by atoms with E-state index in [1.165, 1.54) is 0 Å². The molecule has 1 saturated heterocycles. The lowest BCUT2D eigenvalue weighted by atomic mass is 9.89. The fourth-order valence-corrected chi connectivity index (χ4v) is 2.30. The second kappa shape index (κ2) is 6.78. The summed E-state index contributed by atoms with van der Waals surface area (Å²) in [5.41, 5.74) is 5.13. The van der Waals surface area contributed by atoms with Gasteiger partial charge in [0.25, 0.3) is 0 Å². The van der Waals surface area contributed by atoms with E-state index in [4.69, 9.17) is 15.2 Å². The molecule has 7 heteroatoms. The van der Waals surface area contributed by atoms with Crippen LogP contribution in [0.2, 0.25) is 0 Å². The van der Waals surface area contributed by atoms with Crippen LogP contribution in [0.3, 0.4) is 0 Å². The number of ether oxygens (including phenoxy) is 2. The molecular weight excluding hydrogens is 300 g/mol. The minimum absolute atomic E-state index is 0.187. The third kappa shape index (κ3) is 4.07. The van der Waals surface area contributed by atoms with E-state index >= 15 is 0 Å². The first-order valence-electron chi connectivity index (χ1n) is 7.25. The van der Waals surface area contributed by atoms with E-state index < -0.39 is 35.4 Å². The Morgan fingerprint density at radius 1 is 1.39 bits per heavy atom. The maximum atomic E-state index is 12.5. The van der Waals surface area contributed by atoms with Crippen LogP contribution in [0.1, 0.15) is 25.5 Å². The highest BCUT2D eigenvalue weighted by atomic mass is 16.6. The van der Waals surface area contributed by atoms with Gasteiger partial charge in [0.05, 0.1) is 6.54 Å². The Morgan fingerprint density at radius 2 is 2.04 bits per heavy atom. The molecule has 0 bridgehead atoms. The number of rotatable bonds is 6. The number of amides is 1. The first-order chi connectivity index (χ1) is 10.8.